The lowest BCUT2D eigenvalue weighted by Gasteiger charge is -2.16. The van der Waals surface area contributed by atoms with Crippen LogP contribution in [-0.4, -0.2) is 21.1 Å². The fraction of sp³-hybridized carbons (Fsp3) is 0.267. The van der Waals surface area contributed by atoms with Crippen molar-refractivity contribution in [3.63, 3.8) is 0 Å². The Kier molecular flexibility index (Phi) is 3.71. The van der Waals surface area contributed by atoms with Crippen LogP contribution in [0.3, 0.4) is 0 Å². The first kappa shape index (κ1) is 13.1. The second kappa shape index (κ2) is 5.64. The van der Waals surface area contributed by atoms with E-state index < -0.39 is 0 Å². The predicted molar refractivity (Wildman–Crippen MR) is 81.9 cm³/mol. The van der Waals surface area contributed by atoms with Crippen LogP contribution in [-0.2, 0) is 0 Å². The van der Waals surface area contributed by atoms with Gasteiger partial charge < -0.3 is 5.32 Å². The molecule has 2 aromatic heterocycles. The minimum Gasteiger partial charge on any atom is -0.306 e. The Morgan fingerprint density at radius 1 is 1.25 bits per heavy atom. The second-order valence-corrected chi connectivity index (χ2v) is 5.53. The molecule has 1 unspecified atom stereocenters. The van der Waals surface area contributed by atoms with Crippen molar-refractivity contribution in [3.8, 4) is 0 Å². The zero-order valence-corrected chi connectivity index (χ0v) is 12.3. The first-order valence-corrected chi connectivity index (χ1v) is 7.43. The van der Waals surface area contributed by atoms with E-state index in [4.69, 9.17) is 0 Å². The van der Waals surface area contributed by atoms with Gasteiger partial charge in [-0.3, -0.25) is 4.98 Å². The van der Waals surface area contributed by atoms with E-state index in [1.165, 1.54) is 17.1 Å². The van der Waals surface area contributed by atoms with Gasteiger partial charge in [0.25, 0.3) is 0 Å². The van der Waals surface area contributed by atoms with Gasteiger partial charge in [0.2, 0.25) is 0 Å². The van der Waals surface area contributed by atoms with Gasteiger partial charge in [0, 0.05) is 11.1 Å². The van der Waals surface area contributed by atoms with Crippen LogP contribution in [0.1, 0.15) is 29.1 Å². The summed E-state index contributed by atoms with van der Waals surface area (Å²) in [5.74, 6) is 0. The molecule has 102 valence electrons. The highest BCUT2D eigenvalue weighted by atomic mass is 32.1. The van der Waals surface area contributed by atoms with Crippen molar-refractivity contribution in [1.82, 2.24) is 19.9 Å². The Morgan fingerprint density at radius 2 is 2.15 bits per heavy atom. The molecule has 0 saturated carbocycles. The average molecular weight is 284 g/mol. The summed E-state index contributed by atoms with van der Waals surface area (Å²) >= 11 is 1.43. The molecule has 0 fully saturated rings. The number of nitrogens with zero attached hydrogens (tertiary/aromatic N) is 3. The Morgan fingerprint density at radius 3 is 2.90 bits per heavy atom. The van der Waals surface area contributed by atoms with E-state index in [0.29, 0.717) is 0 Å². The van der Waals surface area contributed by atoms with Crippen LogP contribution in [0.15, 0.2) is 36.5 Å². The van der Waals surface area contributed by atoms with E-state index in [9.17, 15) is 0 Å². The number of fused-ring (bicyclic) bond motifs is 1. The van der Waals surface area contributed by atoms with Gasteiger partial charge in [0.15, 0.2) is 0 Å². The van der Waals surface area contributed by atoms with Crippen LogP contribution >= 0.6 is 11.5 Å². The molecule has 3 rings (SSSR count). The van der Waals surface area contributed by atoms with E-state index in [-0.39, 0.29) is 6.04 Å². The first-order valence-electron chi connectivity index (χ1n) is 6.66. The maximum absolute atomic E-state index is 4.54. The van der Waals surface area contributed by atoms with Crippen molar-refractivity contribution >= 4 is 22.4 Å². The van der Waals surface area contributed by atoms with Crippen molar-refractivity contribution in [3.05, 3.63) is 52.7 Å². The number of aryl methyl sites for hydroxylation is 1. The SMILES string of the molecule is CCNC(c1ccc2nc(C)ccc2c1)c1cnns1. The summed E-state index contributed by atoms with van der Waals surface area (Å²) in [6, 6.07) is 10.7. The summed E-state index contributed by atoms with van der Waals surface area (Å²) in [4.78, 5) is 5.67. The van der Waals surface area contributed by atoms with Crippen LogP contribution in [0, 0.1) is 6.92 Å². The lowest BCUT2D eigenvalue weighted by Crippen LogP contribution is -2.21. The van der Waals surface area contributed by atoms with Gasteiger partial charge in [-0.2, -0.15) is 0 Å². The highest BCUT2D eigenvalue weighted by molar-refractivity contribution is 7.05. The van der Waals surface area contributed by atoms with Gasteiger partial charge >= 0.3 is 0 Å². The molecule has 4 nitrogen and oxygen atoms in total. The summed E-state index contributed by atoms with van der Waals surface area (Å²) in [5, 5.41) is 8.59. The molecule has 0 radical (unpaired) electrons. The first-order chi connectivity index (χ1) is 9.78. The highest BCUT2D eigenvalue weighted by Crippen LogP contribution is 2.26. The third-order valence-corrected chi connectivity index (χ3v) is 3.98. The topological polar surface area (TPSA) is 50.7 Å². The summed E-state index contributed by atoms with van der Waals surface area (Å²) < 4.78 is 3.96. The number of aromatic nitrogens is 3. The average Bonchev–Trinajstić information content (AvgIpc) is 2.98. The highest BCUT2D eigenvalue weighted by Gasteiger charge is 2.15. The predicted octanol–water partition coefficient (Wildman–Crippen LogP) is 3.09. The Bertz CT molecular complexity index is 709. The minimum absolute atomic E-state index is 0.144. The zero-order valence-electron chi connectivity index (χ0n) is 11.5. The van der Waals surface area contributed by atoms with E-state index in [2.05, 4.69) is 51.1 Å². The molecule has 0 aliphatic rings. The Hall–Kier alpha value is -1.85. The zero-order chi connectivity index (χ0) is 13.9. The molecule has 0 saturated heterocycles. The third kappa shape index (κ3) is 2.55. The van der Waals surface area contributed by atoms with Gasteiger partial charge in [-0.05, 0) is 48.8 Å². The molecule has 0 aliphatic heterocycles. The van der Waals surface area contributed by atoms with Crippen LogP contribution in [0.25, 0.3) is 10.9 Å². The molecule has 0 spiro atoms. The number of pyridine rings is 1. The van der Waals surface area contributed by atoms with Gasteiger partial charge in [-0.1, -0.05) is 23.5 Å². The largest absolute Gasteiger partial charge is 0.306 e. The molecule has 1 aromatic carbocycles. The van der Waals surface area contributed by atoms with Crippen molar-refractivity contribution < 1.29 is 0 Å². The standard InChI is InChI=1S/C15H16N4S/c1-3-16-15(14-9-17-19-20-14)12-6-7-13-11(8-12)5-4-10(2)18-13/h4-9,15-16H,3H2,1-2H3. The van der Waals surface area contributed by atoms with Crippen molar-refractivity contribution in [2.45, 2.75) is 19.9 Å². The monoisotopic (exact) mass is 284 g/mol. The van der Waals surface area contributed by atoms with Gasteiger partial charge in [0.1, 0.15) is 0 Å². The smallest absolute Gasteiger partial charge is 0.0705 e. The Balaban J connectivity index is 2.05. The molecule has 1 atom stereocenters. The fourth-order valence-corrected chi connectivity index (χ4v) is 2.92. The molecule has 3 aromatic rings. The summed E-state index contributed by atoms with van der Waals surface area (Å²) in [6.45, 7) is 5.01. The van der Waals surface area contributed by atoms with Crippen molar-refractivity contribution in [1.29, 1.82) is 0 Å². The van der Waals surface area contributed by atoms with Gasteiger partial charge in [-0.25, -0.2) is 0 Å². The van der Waals surface area contributed by atoms with Crippen LogP contribution < -0.4 is 5.32 Å². The normalized spacial score (nSPS) is 12.7. The van der Waals surface area contributed by atoms with Crippen LogP contribution in [0.2, 0.25) is 0 Å². The second-order valence-electron chi connectivity index (χ2n) is 4.72. The number of nitrogens with one attached hydrogen (secondary N) is 1. The number of rotatable bonds is 4. The molecule has 5 heteroatoms. The fourth-order valence-electron chi connectivity index (χ4n) is 2.31. The molecule has 2 heterocycles. The molecule has 0 aliphatic carbocycles. The van der Waals surface area contributed by atoms with Crippen molar-refractivity contribution in [2.75, 3.05) is 6.54 Å². The molecule has 1 N–H and O–H groups in total. The summed E-state index contributed by atoms with van der Waals surface area (Å²) in [5.41, 5.74) is 3.29. The van der Waals surface area contributed by atoms with E-state index in [1.54, 1.807) is 0 Å². The van der Waals surface area contributed by atoms with E-state index in [1.807, 2.05) is 19.2 Å². The van der Waals surface area contributed by atoms with E-state index >= 15 is 0 Å². The molecule has 0 bridgehead atoms. The number of hydrogen-bond acceptors (Lipinski definition) is 5. The molecular formula is C15H16N4S. The maximum Gasteiger partial charge on any atom is 0.0705 e. The number of hydrogen-bond donors (Lipinski definition) is 1. The lowest BCUT2D eigenvalue weighted by molar-refractivity contribution is 0.639. The summed E-state index contributed by atoms with van der Waals surface area (Å²) in [7, 11) is 0. The van der Waals surface area contributed by atoms with Crippen molar-refractivity contribution in [2.24, 2.45) is 0 Å². The van der Waals surface area contributed by atoms with Crippen LogP contribution in [0.4, 0.5) is 0 Å². The van der Waals surface area contributed by atoms with Gasteiger partial charge in [0.05, 0.1) is 22.6 Å². The lowest BCUT2D eigenvalue weighted by atomic mass is 10.0. The molecule has 20 heavy (non-hydrogen) atoms. The van der Waals surface area contributed by atoms with Crippen LogP contribution in [0.5, 0.6) is 0 Å². The number of benzene rings is 1. The van der Waals surface area contributed by atoms with E-state index in [0.717, 1.165) is 28.0 Å². The minimum atomic E-state index is 0.144. The van der Waals surface area contributed by atoms with Gasteiger partial charge in [-0.15, -0.1) is 5.10 Å². The quantitative estimate of drug-likeness (QED) is 0.800. The summed E-state index contributed by atoms with van der Waals surface area (Å²) in [6.07, 6.45) is 1.83. The molecule has 0 amide bonds. The Labute approximate surface area is 122 Å². The third-order valence-electron chi connectivity index (χ3n) is 3.26. The maximum atomic E-state index is 4.54. The molecular weight excluding hydrogens is 268 g/mol.